The van der Waals surface area contributed by atoms with Crippen LogP contribution in [0.25, 0.3) is 0 Å². The molecule has 0 amide bonds. The van der Waals surface area contributed by atoms with Crippen LogP contribution in [0.2, 0.25) is 0 Å². The average Bonchev–Trinajstić information content (AvgIpc) is 2.30. The van der Waals surface area contributed by atoms with Crippen LogP contribution >= 0.6 is 0 Å². The van der Waals surface area contributed by atoms with Crippen molar-refractivity contribution in [2.24, 2.45) is 5.73 Å². The lowest BCUT2D eigenvalue weighted by molar-refractivity contribution is 0.0150. The van der Waals surface area contributed by atoms with Gasteiger partial charge in [-0.2, -0.15) is 0 Å². The second-order valence-electron chi connectivity index (χ2n) is 4.75. The normalized spacial score (nSPS) is 31.2. The van der Waals surface area contributed by atoms with E-state index in [1.807, 2.05) is 0 Å². The molecule has 2 saturated heterocycles. The van der Waals surface area contributed by atoms with E-state index >= 15 is 0 Å². The number of nitrogens with two attached hydrogens (primary N) is 1. The van der Waals surface area contributed by atoms with Gasteiger partial charge in [-0.15, -0.1) is 0 Å². The lowest BCUT2D eigenvalue weighted by Gasteiger charge is -2.46. The van der Waals surface area contributed by atoms with Crippen molar-refractivity contribution in [3.05, 3.63) is 0 Å². The molecular weight excluding hydrogens is 190 g/mol. The molecule has 0 aromatic heterocycles. The third kappa shape index (κ3) is 2.50. The van der Waals surface area contributed by atoms with Crippen molar-refractivity contribution in [3.8, 4) is 0 Å². The van der Waals surface area contributed by atoms with Crippen molar-refractivity contribution in [1.29, 1.82) is 0 Å². The molecule has 2 heterocycles. The Labute approximate surface area is 92.0 Å². The van der Waals surface area contributed by atoms with E-state index in [0.717, 1.165) is 19.6 Å². The van der Waals surface area contributed by atoms with Gasteiger partial charge in [-0.05, 0) is 19.4 Å². The number of fused-ring (bicyclic) bond motifs is 1. The monoisotopic (exact) mass is 213 g/mol. The summed E-state index contributed by atoms with van der Waals surface area (Å²) in [4.78, 5) is 4.97. The second kappa shape index (κ2) is 5.25. The largest absolute Gasteiger partial charge is 0.395 e. The lowest BCUT2D eigenvalue weighted by Crippen LogP contribution is -2.59. The maximum absolute atomic E-state index is 9.24. The van der Waals surface area contributed by atoms with Gasteiger partial charge >= 0.3 is 0 Å². The van der Waals surface area contributed by atoms with Gasteiger partial charge in [0.15, 0.2) is 0 Å². The SMILES string of the molecule is NCC(CO)N1CCN2CCCCC2C1. The van der Waals surface area contributed by atoms with Crippen LogP contribution in [0.5, 0.6) is 0 Å². The first-order chi connectivity index (χ1) is 7.35. The van der Waals surface area contributed by atoms with Crippen molar-refractivity contribution in [2.45, 2.75) is 31.3 Å². The molecule has 2 aliphatic rings. The number of aliphatic hydroxyl groups is 1. The molecule has 0 aromatic rings. The minimum atomic E-state index is 0.175. The van der Waals surface area contributed by atoms with Crippen molar-refractivity contribution >= 4 is 0 Å². The lowest BCUT2D eigenvalue weighted by atomic mass is 9.98. The van der Waals surface area contributed by atoms with Gasteiger partial charge in [0.1, 0.15) is 0 Å². The summed E-state index contributed by atoms with van der Waals surface area (Å²) in [6.45, 7) is 5.36. The average molecular weight is 213 g/mol. The van der Waals surface area contributed by atoms with E-state index in [4.69, 9.17) is 5.73 Å². The zero-order valence-electron chi connectivity index (χ0n) is 9.44. The van der Waals surface area contributed by atoms with Crippen LogP contribution in [0.1, 0.15) is 19.3 Å². The van der Waals surface area contributed by atoms with E-state index in [0.29, 0.717) is 12.6 Å². The maximum Gasteiger partial charge on any atom is 0.0599 e. The van der Waals surface area contributed by atoms with Gasteiger partial charge in [0.2, 0.25) is 0 Å². The first-order valence-electron chi connectivity index (χ1n) is 6.14. The molecule has 2 aliphatic heterocycles. The molecule has 0 spiro atoms. The third-order valence-corrected chi connectivity index (χ3v) is 3.87. The Morgan fingerprint density at radius 1 is 1.27 bits per heavy atom. The summed E-state index contributed by atoms with van der Waals surface area (Å²) < 4.78 is 0. The Morgan fingerprint density at radius 2 is 2.13 bits per heavy atom. The highest BCUT2D eigenvalue weighted by molar-refractivity contribution is 4.87. The number of piperazine rings is 1. The van der Waals surface area contributed by atoms with Crippen LogP contribution in [0.15, 0.2) is 0 Å². The van der Waals surface area contributed by atoms with Crippen molar-refractivity contribution in [3.63, 3.8) is 0 Å². The van der Waals surface area contributed by atoms with Crippen molar-refractivity contribution < 1.29 is 5.11 Å². The molecule has 0 radical (unpaired) electrons. The number of nitrogens with zero attached hydrogens (tertiary/aromatic N) is 2. The summed E-state index contributed by atoms with van der Waals surface area (Å²) >= 11 is 0. The van der Waals surface area contributed by atoms with Crippen LogP contribution in [0.3, 0.4) is 0 Å². The van der Waals surface area contributed by atoms with Crippen LogP contribution in [0.4, 0.5) is 0 Å². The van der Waals surface area contributed by atoms with E-state index in [1.54, 1.807) is 0 Å². The van der Waals surface area contributed by atoms with E-state index in [1.165, 1.54) is 25.8 Å². The van der Waals surface area contributed by atoms with Gasteiger partial charge in [-0.3, -0.25) is 9.80 Å². The van der Waals surface area contributed by atoms with Crippen LogP contribution < -0.4 is 5.73 Å². The summed E-state index contributed by atoms with van der Waals surface area (Å²) in [6.07, 6.45) is 4.04. The summed E-state index contributed by atoms with van der Waals surface area (Å²) in [5.41, 5.74) is 5.67. The predicted octanol–water partition coefficient (Wildman–Crippen LogP) is -0.524. The number of piperidine rings is 1. The summed E-state index contributed by atoms with van der Waals surface area (Å²) in [5, 5.41) is 9.24. The molecule has 0 aromatic carbocycles. The molecule has 4 nitrogen and oxygen atoms in total. The van der Waals surface area contributed by atoms with E-state index in [-0.39, 0.29) is 12.6 Å². The molecule has 88 valence electrons. The zero-order chi connectivity index (χ0) is 10.7. The van der Waals surface area contributed by atoms with E-state index < -0.39 is 0 Å². The number of rotatable bonds is 3. The smallest absolute Gasteiger partial charge is 0.0599 e. The molecule has 2 rings (SSSR count). The highest BCUT2D eigenvalue weighted by atomic mass is 16.3. The Balaban J connectivity index is 1.90. The van der Waals surface area contributed by atoms with Gasteiger partial charge in [0.05, 0.1) is 6.61 Å². The molecule has 0 aliphatic carbocycles. The summed E-state index contributed by atoms with van der Waals surface area (Å²) in [5.74, 6) is 0. The maximum atomic E-state index is 9.24. The Morgan fingerprint density at radius 3 is 2.87 bits per heavy atom. The van der Waals surface area contributed by atoms with Crippen molar-refractivity contribution in [2.75, 3.05) is 39.3 Å². The molecule has 15 heavy (non-hydrogen) atoms. The van der Waals surface area contributed by atoms with E-state index in [9.17, 15) is 5.11 Å². The minimum Gasteiger partial charge on any atom is -0.395 e. The first-order valence-corrected chi connectivity index (χ1v) is 6.14. The third-order valence-electron chi connectivity index (χ3n) is 3.87. The quantitative estimate of drug-likeness (QED) is 0.662. The summed E-state index contributed by atoms with van der Waals surface area (Å²) in [7, 11) is 0. The highest BCUT2D eigenvalue weighted by Gasteiger charge is 2.31. The Kier molecular flexibility index (Phi) is 3.97. The van der Waals surface area contributed by atoms with Gasteiger partial charge in [-0.1, -0.05) is 6.42 Å². The molecule has 4 heteroatoms. The van der Waals surface area contributed by atoms with Crippen LogP contribution in [0, 0.1) is 0 Å². The molecular formula is C11H23N3O. The molecule has 2 fully saturated rings. The number of hydrogen-bond acceptors (Lipinski definition) is 4. The number of hydrogen-bond donors (Lipinski definition) is 2. The molecule has 3 N–H and O–H groups in total. The minimum absolute atomic E-state index is 0.175. The zero-order valence-corrected chi connectivity index (χ0v) is 9.44. The van der Waals surface area contributed by atoms with Crippen LogP contribution in [-0.4, -0.2) is 66.3 Å². The molecule has 2 unspecified atom stereocenters. The highest BCUT2D eigenvalue weighted by Crippen LogP contribution is 2.21. The van der Waals surface area contributed by atoms with Gasteiger partial charge in [0.25, 0.3) is 0 Å². The second-order valence-corrected chi connectivity index (χ2v) is 4.75. The van der Waals surface area contributed by atoms with Gasteiger partial charge in [0, 0.05) is 38.3 Å². The number of aliphatic hydroxyl groups excluding tert-OH is 1. The fourth-order valence-corrected chi connectivity index (χ4v) is 2.85. The fourth-order valence-electron chi connectivity index (χ4n) is 2.85. The fraction of sp³-hybridized carbons (Fsp3) is 1.00. The first kappa shape index (κ1) is 11.3. The standard InChI is InChI=1S/C11H23N3O/c12-7-11(9-15)14-6-5-13-4-2-1-3-10(13)8-14/h10-11,15H,1-9,12H2. The Hall–Kier alpha value is -0.160. The predicted molar refractivity (Wildman–Crippen MR) is 60.7 cm³/mol. The molecule has 2 atom stereocenters. The molecule has 0 saturated carbocycles. The summed E-state index contributed by atoms with van der Waals surface area (Å²) in [6, 6.07) is 0.891. The van der Waals surface area contributed by atoms with Crippen molar-refractivity contribution in [1.82, 2.24) is 9.80 Å². The van der Waals surface area contributed by atoms with Gasteiger partial charge < -0.3 is 10.8 Å². The molecule has 0 bridgehead atoms. The topological polar surface area (TPSA) is 52.7 Å². The van der Waals surface area contributed by atoms with E-state index in [2.05, 4.69) is 9.80 Å². The van der Waals surface area contributed by atoms with Crippen LogP contribution in [-0.2, 0) is 0 Å². The van der Waals surface area contributed by atoms with Gasteiger partial charge in [-0.25, -0.2) is 0 Å². The Bertz CT molecular complexity index is 196.